The predicted octanol–water partition coefficient (Wildman–Crippen LogP) is 6.27. The Morgan fingerprint density at radius 2 is 1.37 bits per heavy atom. The average molecular weight is 507 g/mol. The molecule has 1 saturated heterocycles. The molecule has 0 bridgehead atoms. The van der Waals surface area contributed by atoms with Gasteiger partial charge in [0.15, 0.2) is 0 Å². The second-order valence-electron chi connectivity index (χ2n) is 9.15. The van der Waals surface area contributed by atoms with Crippen molar-refractivity contribution in [3.63, 3.8) is 0 Å². The fraction of sp³-hybridized carbons (Fsp3) is 0.188. The highest BCUT2D eigenvalue weighted by Crippen LogP contribution is 2.29. The number of anilines is 1. The van der Waals surface area contributed by atoms with Gasteiger partial charge in [-0.25, -0.2) is 9.59 Å². The second kappa shape index (κ2) is 11.8. The summed E-state index contributed by atoms with van der Waals surface area (Å²) in [4.78, 5) is 29.0. The summed E-state index contributed by atoms with van der Waals surface area (Å²) in [7, 11) is 1.36. The van der Waals surface area contributed by atoms with E-state index in [9.17, 15) is 9.59 Å². The number of amides is 2. The first kappa shape index (κ1) is 25.2. The molecule has 0 saturated carbocycles. The number of benzene rings is 4. The molecule has 6 heteroatoms. The maximum Gasteiger partial charge on any atom is 0.337 e. The number of hydrogen-bond donors (Lipinski definition) is 0. The van der Waals surface area contributed by atoms with Crippen LogP contribution in [0.5, 0.6) is 0 Å². The maximum atomic E-state index is 13.6. The van der Waals surface area contributed by atoms with Crippen molar-refractivity contribution in [1.82, 2.24) is 4.90 Å². The number of nitrogens with zero attached hydrogens (tertiary/aromatic N) is 2. The number of rotatable bonds is 6. The number of carbonyl (C=O) groups is 2. The first-order valence-corrected chi connectivity index (χ1v) is 12.7. The van der Waals surface area contributed by atoms with Crippen LogP contribution in [0.2, 0.25) is 0 Å². The van der Waals surface area contributed by atoms with Crippen molar-refractivity contribution in [1.29, 1.82) is 0 Å². The van der Waals surface area contributed by atoms with Crippen LogP contribution in [0, 0.1) is 0 Å². The Hall–Kier alpha value is -4.42. The van der Waals surface area contributed by atoms with Gasteiger partial charge < -0.3 is 14.4 Å². The topological polar surface area (TPSA) is 59.1 Å². The summed E-state index contributed by atoms with van der Waals surface area (Å²) in [5, 5.41) is 0. The lowest BCUT2D eigenvalue weighted by molar-refractivity contribution is 0.0548. The van der Waals surface area contributed by atoms with E-state index >= 15 is 0 Å². The molecule has 1 aliphatic rings. The molecule has 0 N–H and O–H groups in total. The minimum atomic E-state index is -0.385. The zero-order valence-corrected chi connectivity index (χ0v) is 21.4. The van der Waals surface area contributed by atoms with Gasteiger partial charge in [-0.05, 0) is 58.1 Å². The fourth-order valence-corrected chi connectivity index (χ4v) is 4.58. The van der Waals surface area contributed by atoms with E-state index in [0.717, 1.165) is 27.9 Å². The van der Waals surface area contributed by atoms with Crippen LogP contribution in [0.1, 0.15) is 15.9 Å². The SMILES string of the molecule is COC(=O)c1ccc(CN(C(=O)N2CCOCC2)c2ccc(-c3cccc(-c4ccccc4)c3)cc2)cc1. The van der Waals surface area contributed by atoms with Gasteiger partial charge in [-0.2, -0.15) is 0 Å². The molecule has 38 heavy (non-hydrogen) atoms. The number of carbonyl (C=O) groups excluding carboxylic acids is 2. The third kappa shape index (κ3) is 5.76. The van der Waals surface area contributed by atoms with E-state index in [2.05, 4.69) is 48.5 Å². The Morgan fingerprint density at radius 3 is 2.00 bits per heavy atom. The van der Waals surface area contributed by atoms with Gasteiger partial charge in [0.1, 0.15) is 0 Å². The van der Waals surface area contributed by atoms with Crippen LogP contribution in [-0.4, -0.2) is 50.3 Å². The Balaban J connectivity index is 1.41. The van der Waals surface area contributed by atoms with Crippen molar-refractivity contribution in [2.24, 2.45) is 0 Å². The maximum absolute atomic E-state index is 13.6. The summed E-state index contributed by atoms with van der Waals surface area (Å²) in [6.45, 7) is 2.55. The largest absolute Gasteiger partial charge is 0.465 e. The van der Waals surface area contributed by atoms with Gasteiger partial charge in [-0.3, -0.25) is 4.90 Å². The van der Waals surface area contributed by atoms with E-state index < -0.39 is 0 Å². The van der Waals surface area contributed by atoms with Gasteiger partial charge in [-0.15, -0.1) is 0 Å². The number of esters is 1. The molecule has 0 unspecified atom stereocenters. The molecule has 0 aliphatic carbocycles. The molecule has 0 atom stereocenters. The predicted molar refractivity (Wildman–Crippen MR) is 149 cm³/mol. The van der Waals surface area contributed by atoms with Crippen molar-refractivity contribution >= 4 is 17.7 Å². The summed E-state index contributed by atoms with van der Waals surface area (Å²) in [5.74, 6) is -0.385. The molecular formula is C32H30N2O4. The average Bonchev–Trinajstić information content (AvgIpc) is 3.00. The van der Waals surface area contributed by atoms with Crippen LogP contribution in [0.25, 0.3) is 22.3 Å². The van der Waals surface area contributed by atoms with Crippen molar-refractivity contribution in [2.75, 3.05) is 38.3 Å². The minimum absolute atomic E-state index is 0.0656. The van der Waals surface area contributed by atoms with Gasteiger partial charge in [0.05, 0.1) is 32.4 Å². The molecule has 0 aromatic heterocycles. The lowest BCUT2D eigenvalue weighted by Crippen LogP contribution is -2.48. The Bertz CT molecular complexity index is 1380. The van der Waals surface area contributed by atoms with Gasteiger partial charge >= 0.3 is 12.0 Å². The number of hydrogen-bond acceptors (Lipinski definition) is 4. The monoisotopic (exact) mass is 506 g/mol. The van der Waals surface area contributed by atoms with Crippen LogP contribution in [-0.2, 0) is 16.0 Å². The van der Waals surface area contributed by atoms with Crippen molar-refractivity contribution in [3.8, 4) is 22.3 Å². The number of methoxy groups -OCH3 is 1. The minimum Gasteiger partial charge on any atom is -0.465 e. The summed E-state index contributed by atoms with van der Waals surface area (Å²) in [6, 6.07) is 34.0. The smallest absolute Gasteiger partial charge is 0.337 e. The summed E-state index contributed by atoms with van der Waals surface area (Å²) >= 11 is 0. The molecule has 1 heterocycles. The molecule has 2 amide bonds. The zero-order valence-electron chi connectivity index (χ0n) is 21.4. The quantitative estimate of drug-likeness (QED) is 0.290. The van der Waals surface area contributed by atoms with E-state index in [1.807, 2.05) is 47.4 Å². The molecule has 1 fully saturated rings. The van der Waals surface area contributed by atoms with Gasteiger partial charge in [0.25, 0.3) is 0 Å². The van der Waals surface area contributed by atoms with E-state index in [1.54, 1.807) is 17.0 Å². The highest BCUT2D eigenvalue weighted by Gasteiger charge is 2.24. The number of ether oxygens (including phenoxy) is 2. The second-order valence-corrected chi connectivity index (χ2v) is 9.15. The van der Waals surface area contributed by atoms with Crippen LogP contribution < -0.4 is 4.90 Å². The Morgan fingerprint density at radius 1 is 0.763 bits per heavy atom. The molecule has 1 aliphatic heterocycles. The van der Waals surface area contributed by atoms with E-state index in [-0.39, 0.29) is 12.0 Å². The number of urea groups is 1. The molecule has 4 aromatic rings. The Kier molecular flexibility index (Phi) is 7.81. The molecular weight excluding hydrogens is 476 g/mol. The third-order valence-corrected chi connectivity index (χ3v) is 6.71. The molecule has 0 spiro atoms. The van der Waals surface area contributed by atoms with E-state index in [4.69, 9.17) is 9.47 Å². The Labute approximate surface area is 223 Å². The highest BCUT2D eigenvalue weighted by atomic mass is 16.5. The molecule has 5 rings (SSSR count). The van der Waals surface area contributed by atoms with Crippen LogP contribution in [0.15, 0.2) is 103 Å². The van der Waals surface area contributed by atoms with Gasteiger partial charge in [-0.1, -0.05) is 72.8 Å². The standard InChI is InChI=1S/C32H30N2O4/c1-37-31(35)27-12-10-24(11-13-27)23-34(32(36)33-18-20-38-21-19-33)30-16-14-26(15-17-30)29-9-5-8-28(22-29)25-6-3-2-4-7-25/h2-17,22H,18-21,23H2,1H3. The molecule has 192 valence electrons. The summed E-state index contributed by atoms with van der Waals surface area (Å²) < 4.78 is 10.3. The fourth-order valence-electron chi connectivity index (χ4n) is 4.58. The number of morpholine rings is 1. The van der Waals surface area contributed by atoms with Crippen molar-refractivity contribution in [3.05, 3.63) is 114 Å². The normalized spacial score (nSPS) is 13.1. The summed E-state index contributed by atoms with van der Waals surface area (Å²) in [6.07, 6.45) is 0. The van der Waals surface area contributed by atoms with Gasteiger partial charge in [0.2, 0.25) is 0 Å². The van der Waals surface area contributed by atoms with Gasteiger partial charge in [0, 0.05) is 18.8 Å². The van der Waals surface area contributed by atoms with E-state index in [1.165, 1.54) is 12.7 Å². The molecule has 0 radical (unpaired) electrons. The zero-order chi connectivity index (χ0) is 26.3. The third-order valence-electron chi connectivity index (χ3n) is 6.71. The molecule has 6 nitrogen and oxygen atoms in total. The van der Waals surface area contributed by atoms with Crippen LogP contribution in [0.3, 0.4) is 0 Å². The van der Waals surface area contributed by atoms with Crippen LogP contribution in [0.4, 0.5) is 10.5 Å². The lowest BCUT2D eigenvalue weighted by Gasteiger charge is -2.33. The summed E-state index contributed by atoms with van der Waals surface area (Å²) in [5.41, 5.74) is 6.72. The van der Waals surface area contributed by atoms with Crippen LogP contribution >= 0.6 is 0 Å². The first-order valence-electron chi connectivity index (χ1n) is 12.7. The first-order chi connectivity index (χ1) is 18.6. The van der Waals surface area contributed by atoms with Crippen molar-refractivity contribution < 1.29 is 19.1 Å². The van der Waals surface area contributed by atoms with Crippen molar-refractivity contribution in [2.45, 2.75) is 6.54 Å². The van der Waals surface area contributed by atoms with E-state index in [0.29, 0.717) is 38.4 Å². The molecule has 4 aromatic carbocycles. The lowest BCUT2D eigenvalue weighted by atomic mass is 9.99. The highest BCUT2D eigenvalue weighted by molar-refractivity contribution is 5.93.